The first kappa shape index (κ1) is 23.1. The van der Waals surface area contributed by atoms with Crippen molar-refractivity contribution in [1.29, 1.82) is 0 Å². The van der Waals surface area contributed by atoms with Gasteiger partial charge in [0.15, 0.2) is 0 Å². The molecule has 1 N–H and O–H groups in total. The van der Waals surface area contributed by atoms with Crippen LogP contribution in [0.25, 0.3) is 0 Å². The van der Waals surface area contributed by atoms with E-state index in [0.717, 1.165) is 37.3 Å². The highest BCUT2D eigenvalue weighted by atomic mass is 32.2. The molecule has 33 heavy (non-hydrogen) atoms. The number of nitrogens with zero attached hydrogens (tertiary/aromatic N) is 1. The van der Waals surface area contributed by atoms with E-state index in [0.29, 0.717) is 17.7 Å². The second-order valence-electron chi connectivity index (χ2n) is 8.32. The molecule has 1 aliphatic heterocycles. The molecule has 1 aliphatic rings. The van der Waals surface area contributed by atoms with Crippen LogP contribution in [0.5, 0.6) is 5.75 Å². The second-order valence-corrected chi connectivity index (χ2v) is 9.83. The number of furan rings is 1. The van der Waals surface area contributed by atoms with Crippen molar-refractivity contribution in [2.75, 3.05) is 19.6 Å². The molecule has 0 bridgehead atoms. The lowest BCUT2D eigenvalue weighted by Gasteiger charge is -2.26. The van der Waals surface area contributed by atoms with E-state index in [9.17, 15) is 13.2 Å². The zero-order valence-corrected chi connectivity index (χ0v) is 19.6. The Hall–Kier alpha value is -3.10. The maximum Gasteiger partial charge on any atom is 0.339 e. The highest BCUT2D eigenvalue weighted by molar-refractivity contribution is 7.87. The maximum atomic E-state index is 12.7. The Bertz CT molecular complexity index is 1200. The van der Waals surface area contributed by atoms with Crippen LogP contribution in [0.15, 0.2) is 70.2 Å². The summed E-state index contributed by atoms with van der Waals surface area (Å²) >= 11 is 0. The van der Waals surface area contributed by atoms with Gasteiger partial charge in [-0.25, -0.2) is 0 Å². The number of hydrogen-bond donors (Lipinski definition) is 1. The molecule has 1 aromatic heterocycles. The van der Waals surface area contributed by atoms with Gasteiger partial charge in [0.2, 0.25) is 0 Å². The molecule has 0 aliphatic carbocycles. The average molecular weight is 469 g/mol. The van der Waals surface area contributed by atoms with Crippen LogP contribution in [0, 0.1) is 13.8 Å². The summed E-state index contributed by atoms with van der Waals surface area (Å²) in [5.41, 5.74) is 1.86. The Morgan fingerprint density at radius 1 is 1.09 bits per heavy atom. The molecule has 1 fully saturated rings. The van der Waals surface area contributed by atoms with Gasteiger partial charge in [0.05, 0.1) is 12.3 Å². The third-order valence-corrected chi connectivity index (χ3v) is 7.23. The normalized spacial score (nSPS) is 15.3. The van der Waals surface area contributed by atoms with E-state index in [4.69, 9.17) is 8.60 Å². The quantitative estimate of drug-likeness (QED) is 0.498. The first-order valence-electron chi connectivity index (χ1n) is 11.0. The van der Waals surface area contributed by atoms with Gasteiger partial charge in [0, 0.05) is 12.1 Å². The minimum Gasteiger partial charge on any atom is -0.468 e. The summed E-state index contributed by atoms with van der Waals surface area (Å²) in [7, 11) is -3.97. The molecule has 4 rings (SSSR count). The zero-order valence-electron chi connectivity index (χ0n) is 18.8. The number of rotatable bonds is 8. The van der Waals surface area contributed by atoms with Crippen molar-refractivity contribution in [1.82, 2.24) is 10.2 Å². The van der Waals surface area contributed by atoms with Crippen molar-refractivity contribution < 1.29 is 21.8 Å². The summed E-state index contributed by atoms with van der Waals surface area (Å²) in [6.45, 7) is 5.92. The summed E-state index contributed by atoms with van der Waals surface area (Å²) in [4.78, 5) is 15.2. The fourth-order valence-corrected chi connectivity index (χ4v) is 5.29. The molecule has 0 spiro atoms. The Morgan fingerprint density at radius 3 is 2.48 bits per heavy atom. The Balaban J connectivity index is 1.41. The predicted molar refractivity (Wildman–Crippen MR) is 125 cm³/mol. The van der Waals surface area contributed by atoms with Crippen molar-refractivity contribution in [2.24, 2.45) is 0 Å². The number of carbonyl (C=O) groups excluding carboxylic acids is 1. The molecular formula is C25H28N2O5S. The highest BCUT2D eigenvalue weighted by Gasteiger charge is 2.26. The first-order valence-corrected chi connectivity index (χ1v) is 12.4. The third-order valence-electron chi connectivity index (χ3n) is 5.84. The van der Waals surface area contributed by atoms with Crippen molar-refractivity contribution >= 4 is 16.0 Å². The zero-order chi connectivity index (χ0) is 23.4. The number of nitrogens with one attached hydrogen (secondary N) is 1. The summed E-state index contributed by atoms with van der Waals surface area (Å²) in [5.74, 6) is 0.741. The van der Waals surface area contributed by atoms with Crippen LogP contribution >= 0.6 is 0 Å². The molecule has 2 heterocycles. The minimum absolute atomic E-state index is 0.0169. The van der Waals surface area contributed by atoms with E-state index in [1.807, 2.05) is 25.1 Å². The molecule has 1 amide bonds. The molecular weight excluding hydrogens is 440 g/mol. The first-order chi connectivity index (χ1) is 15.8. The topological polar surface area (TPSA) is 88.8 Å². The molecule has 0 unspecified atom stereocenters. The molecule has 2 aromatic carbocycles. The maximum absolute atomic E-state index is 12.7. The van der Waals surface area contributed by atoms with Crippen LogP contribution in [0.2, 0.25) is 0 Å². The van der Waals surface area contributed by atoms with Crippen LogP contribution in [-0.4, -0.2) is 38.9 Å². The fourth-order valence-electron chi connectivity index (χ4n) is 4.05. The van der Waals surface area contributed by atoms with Crippen LogP contribution in [0.3, 0.4) is 0 Å². The van der Waals surface area contributed by atoms with Gasteiger partial charge < -0.3 is 13.9 Å². The number of carbonyl (C=O) groups is 1. The van der Waals surface area contributed by atoms with Gasteiger partial charge in [-0.1, -0.05) is 12.1 Å². The lowest BCUT2D eigenvalue weighted by molar-refractivity contribution is 0.0933. The Kier molecular flexibility index (Phi) is 6.85. The van der Waals surface area contributed by atoms with Crippen molar-refractivity contribution in [3.63, 3.8) is 0 Å². The second kappa shape index (κ2) is 9.80. The molecule has 174 valence electrons. The Morgan fingerprint density at radius 2 is 1.82 bits per heavy atom. The lowest BCUT2D eigenvalue weighted by atomic mass is 10.1. The molecule has 8 heteroatoms. The van der Waals surface area contributed by atoms with Gasteiger partial charge >= 0.3 is 10.1 Å². The SMILES string of the molecule is Cc1ccc(C)c(S(=O)(=O)Oc2ccc(C(=O)NC[C@@H](c3ccco3)N3CCCC3)cc2)c1. The molecule has 0 radical (unpaired) electrons. The number of aryl methyl sites for hydroxylation is 2. The van der Waals surface area contributed by atoms with E-state index in [-0.39, 0.29) is 22.6 Å². The smallest absolute Gasteiger partial charge is 0.339 e. The third kappa shape index (κ3) is 5.46. The van der Waals surface area contributed by atoms with Crippen molar-refractivity contribution in [3.8, 4) is 5.75 Å². The van der Waals surface area contributed by atoms with Gasteiger partial charge in [-0.05, 0) is 93.4 Å². The predicted octanol–water partition coefficient (Wildman–Crippen LogP) is 4.23. The summed E-state index contributed by atoms with van der Waals surface area (Å²) in [6, 6.07) is 15.0. The van der Waals surface area contributed by atoms with Crippen LogP contribution in [-0.2, 0) is 10.1 Å². The fraction of sp³-hybridized carbons (Fsp3) is 0.320. The van der Waals surface area contributed by atoms with Gasteiger partial charge in [0.1, 0.15) is 16.4 Å². The number of hydrogen-bond acceptors (Lipinski definition) is 6. The van der Waals surface area contributed by atoms with Crippen LogP contribution in [0.4, 0.5) is 0 Å². The van der Waals surface area contributed by atoms with Gasteiger partial charge in [-0.2, -0.15) is 8.42 Å². The summed E-state index contributed by atoms with van der Waals surface area (Å²) in [6.07, 6.45) is 3.92. The Labute approximate surface area is 194 Å². The van der Waals surface area contributed by atoms with E-state index in [1.165, 1.54) is 12.1 Å². The standard InChI is InChI=1S/C25H28N2O5S/c1-18-7-8-19(2)24(16-18)33(29,30)32-21-11-9-20(10-12-21)25(28)26-17-22(23-6-5-15-31-23)27-13-3-4-14-27/h5-12,15-16,22H,3-4,13-14,17H2,1-2H3,(H,26,28)/t22-/m0/s1. The van der Waals surface area contributed by atoms with Gasteiger partial charge in [-0.15, -0.1) is 0 Å². The molecule has 3 aromatic rings. The monoisotopic (exact) mass is 468 g/mol. The van der Waals surface area contributed by atoms with Crippen molar-refractivity contribution in [2.45, 2.75) is 37.6 Å². The van der Waals surface area contributed by atoms with E-state index >= 15 is 0 Å². The van der Waals surface area contributed by atoms with E-state index in [1.54, 1.807) is 37.5 Å². The molecule has 7 nitrogen and oxygen atoms in total. The van der Waals surface area contributed by atoms with E-state index < -0.39 is 10.1 Å². The lowest BCUT2D eigenvalue weighted by Crippen LogP contribution is -2.36. The van der Waals surface area contributed by atoms with Gasteiger partial charge in [0.25, 0.3) is 5.91 Å². The van der Waals surface area contributed by atoms with Crippen LogP contribution in [0.1, 0.15) is 46.1 Å². The average Bonchev–Trinajstić information content (AvgIpc) is 3.51. The number of amides is 1. The van der Waals surface area contributed by atoms with E-state index in [2.05, 4.69) is 10.2 Å². The number of benzene rings is 2. The number of likely N-dealkylation sites (tertiary alicyclic amines) is 1. The highest BCUT2D eigenvalue weighted by Crippen LogP contribution is 2.26. The minimum atomic E-state index is -3.97. The molecule has 1 atom stereocenters. The van der Waals surface area contributed by atoms with Crippen LogP contribution < -0.4 is 9.50 Å². The molecule has 1 saturated heterocycles. The van der Waals surface area contributed by atoms with Crippen molar-refractivity contribution in [3.05, 3.63) is 83.3 Å². The molecule has 0 saturated carbocycles. The summed E-state index contributed by atoms with van der Waals surface area (Å²) in [5, 5.41) is 2.97. The van der Waals surface area contributed by atoms with Gasteiger partial charge in [-0.3, -0.25) is 9.69 Å². The summed E-state index contributed by atoms with van der Waals surface area (Å²) < 4.78 is 36.3. The largest absolute Gasteiger partial charge is 0.468 e.